The molecule has 0 aliphatic heterocycles. The molecular formula is C23H40N+. The molecule has 0 amide bonds. The molecule has 0 saturated carbocycles. The summed E-state index contributed by atoms with van der Waals surface area (Å²) in [6.45, 7) is 7.46. The molecule has 1 nitrogen and oxygen atoms in total. The van der Waals surface area contributed by atoms with Crippen LogP contribution in [-0.4, -0.2) is 0 Å². The van der Waals surface area contributed by atoms with Crippen LogP contribution in [0.3, 0.4) is 0 Å². The lowest BCUT2D eigenvalue weighted by molar-refractivity contribution is -0.697. The van der Waals surface area contributed by atoms with Crippen molar-refractivity contribution in [3.05, 3.63) is 43.2 Å². The van der Waals surface area contributed by atoms with Gasteiger partial charge in [-0.25, -0.2) is 4.57 Å². The van der Waals surface area contributed by atoms with Gasteiger partial charge < -0.3 is 0 Å². The van der Waals surface area contributed by atoms with Crippen molar-refractivity contribution >= 4 is 0 Å². The minimum absolute atomic E-state index is 0.711. The first-order valence-corrected chi connectivity index (χ1v) is 10.4. The predicted molar refractivity (Wildman–Crippen MR) is 106 cm³/mol. The first-order chi connectivity index (χ1) is 11.9. The molecule has 1 unspecified atom stereocenters. The Balaban J connectivity index is 1.93. The molecule has 0 aromatic carbocycles. The molecule has 0 saturated heterocycles. The van der Waals surface area contributed by atoms with Gasteiger partial charge in [0.2, 0.25) is 0 Å². The predicted octanol–water partition coefficient (Wildman–Crippen LogP) is 6.87. The molecule has 1 aromatic rings. The van der Waals surface area contributed by atoms with Crippen LogP contribution in [0, 0.1) is 5.92 Å². The van der Waals surface area contributed by atoms with Crippen molar-refractivity contribution in [1.82, 2.24) is 0 Å². The lowest BCUT2D eigenvalue weighted by Crippen LogP contribution is -2.32. The van der Waals surface area contributed by atoms with E-state index in [1.54, 1.807) is 0 Å². The van der Waals surface area contributed by atoms with Gasteiger partial charge in [-0.05, 0) is 18.8 Å². The van der Waals surface area contributed by atoms with Crippen molar-refractivity contribution in [2.75, 3.05) is 0 Å². The third kappa shape index (κ3) is 11.4. The Hall–Kier alpha value is -1.11. The number of hydrogen-bond acceptors (Lipinski definition) is 0. The fourth-order valence-electron chi connectivity index (χ4n) is 3.39. The van der Waals surface area contributed by atoms with Crippen LogP contribution >= 0.6 is 0 Å². The van der Waals surface area contributed by atoms with Crippen molar-refractivity contribution < 1.29 is 4.57 Å². The van der Waals surface area contributed by atoms with Gasteiger partial charge in [0, 0.05) is 18.6 Å². The van der Waals surface area contributed by atoms with E-state index in [1.165, 1.54) is 83.5 Å². The summed E-state index contributed by atoms with van der Waals surface area (Å²) in [5, 5.41) is 0. The zero-order chi connectivity index (χ0) is 17.3. The second kappa shape index (κ2) is 15.4. The van der Waals surface area contributed by atoms with Crippen LogP contribution in [0.4, 0.5) is 0 Å². The summed E-state index contributed by atoms with van der Waals surface area (Å²) >= 11 is 0. The summed E-state index contributed by atoms with van der Waals surface area (Å²) in [7, 11) is 0. The Labute approximate surface area is 151 Å². The average molecular weight is 331 g/mol. The third-order valence-corrected chi connectivity index (χ3v) is 5.03. The van der Waals surface area contributed by atoms with Crippen LogP contribution in [0.1, 0.15) is 90.4 Å². The Morgan fingerprint density at radius 2 is 1.29 bits per heavy atom. The first-order valence-electron chi connectivity index (χ1n) is 10.4. The maximum atomic E-state index is 4.04. The molecule has 0 radical (unpaired) electrons. The van der Waals surface area contributed by atoms with E-state index in [2.05, 4.69) is 54.7 Å². The molecule has 1 heteroatoms. The highest BCUT2D eigenvalue weighted by atomic mass is 14.9. The van der Waals surface area contributed by atoms with E-state index in [9.17, 15) is 0 Å². The molecular weight excluding hydrogens is 290 g/mol. The number of nitrogens with zero attached hydrogens (tertiary/aromatic N) is 1. The first kappa shape index (κ1) is 20.9. The Bertz CT molecular complexity index is 384. The zero-order valence-corrected chi connectivity index (χ0v) is 16.1. The zero-order valence-electron chi connectivity index (χ0n) is 16.1. The molecule has 1 atom stereocenters. The van der Waals surface area contributed by atoms with Crippen LogP contribution in [0.15, 0.2) is 43.2 Å². The smallest absolute Gasteiger partial charge is 0.168 e. The molecule has 0 spiro atoms. The van der Waals surface area contributed by atoms with Gasteiger partial charge in [-0.15, -0.1) is 6.58 Å². The molecule has 136 valence electrons. The summed E-state index contributed by atoms with van der Waals surface area (Å²) in [4.78, 5) is 0. The van der Waals surface area contributed by atoms with Gasteiger partial charge in [-0.2, -0.15) is 0 Å². The Morgan fingerprint density at radius 3 is 1.88 bits per heavy atom. The molecule has 0 aliphatic rings. The van der Waals surface area contributed by atoms with Crippen molar-refractivity contribution in [1.29, 1.82) is 0 Å². The molecule has 1 aromatic heterocycles. The van der Waals surface area contributed by atoms with Crippen molar-refractivity contribution in [2.24, 2.45) is 5.92 Å². The number of pyridine rings is 1. The van der Waals surface area contributed by atoms with Crippen LogP contribution in [0.5, 0.6) is 0 Å². The highest BCUT2D eigenvalue weighted by molar-refractivity contribution is 4.83. The number of aryl methyl sites for hydroxylation is 1. The monoisotopic (exact) mass is 330 g/mol. The van der Waals surface area contributed by atoms with Crippen molar-refractivity contribution in [3.8, 4) is 0 Å². The highest BCUT2D eigenvalue weighted by Crippen LogP contribution is 2.18. The minimum Gasteiger partial charge on any atom is -0.205 e. The van der Waals surface area contributed by atoms with E-state index in [0.717, 1.165) is 6.54 Å². The number of allylic oxidation sites excluding steroid dienone is 1. The van der Waals surface area contributed by atoms with E-state index in [-0.39, 0.29) is 0 Å². The average Bonchev–Trinajstić information content (AvgIpc) is 2.62. The molecule has 0 bridgehead atoms. The Morgan fingerprint density at radius 1 is 0.750 bits per heavy atom. The molecule has 24 heavy (non-hydrogen) atoms. The van der Waals surface area contributed by atoms with E-state index >= 15 is 0 Å². The summed E-state index contributed by atoms with van der Waals surface area (Å²) < 4.78 is 2.28. The van der Waals surface area contributed by atoms with E-state index < -0.39 is 0 Å². The Kier molecular flexibility index (Phi) is 13.4. The summed E-state index contributed by atoms with van der Waals surface area (Å²) in [5.41, 5.74) is 0. The van der Waals surface area contributed by atoms with Crippen LogP contribution in [0.2, 0.25) is 0 Å². The summed E-state index contributed by atoms with van der Waals surface area (Å²) in [6, 6.07) is 6.29. The molecule has 0 aliphatic carbocycles. The lowest BCUT2D eigenvalue weighted by atomic mass is 9.95. The summed E-state index contributed by atoms with van der Waals surface area (Å²) in [6.07, 6.45) is 24.6. The van der Waals surface area contributed by atoms with Gasteiger partial charge in [-0.3, -0.25) is 0 Å². The number of unbranched alkanes of at least 4 members (excludes halogenated alkanes) is 9. The van der Waals surface area contributed by atoms with Crippen LogP contribution in [-0.2, 0) is 6.54 Å². The summed E-state index contributed by atoms with van der Waals surface area (Å²) in [5.74, 6) is 0.711. The minimum atomic E-state index is 0.711. The number of aromatic nitrogens is 1. The molecule has 1 heterocycles. The van der Waals surface area contributed by atoms with E-state index in [4.69, 9.17) is 0 Å². The van der Waals surface area contributed by atoms with Crippen molar-refractivity contribution in [3.63, 3.8) is 0 Å². The molecule has 0 N–H and O–H groups in total. The number of hydrogen-bond donors (Lipinski definition) is 0. The van der Waals surface area contributed by atoms with E-state index in [0.29, 0.717) is 5.92 Å². The van der Waals surface area contributed by atoms with Gasteiger partial charge in [0.1, 0.15) is 6.54 Å². The van der Waals surface area contributed by atoms with Gasteiger partial charge in [0.15, 0.2) is 12.4 Å². The largest absolute Gasteiger partial charge is 0.205 e. The van der Waals surface area contributed by atoms with E-state index in [1.807, 2.05) is 0 Å². The SMILES string of the molecule is C=CC(CCCCCCCCCCCC)CCC[n+]1ccccc1. The van der Waals surface area contributed by atoms with Gasteiger partial charge in [0.05, 0.1) is 0 Å². The van der Waals surface area contributed by atoms with Crippen molar-refractivity contribution in [2.45, 2.75) is 96.9 Å². The maximum absolute atomic E-state index is 4.04. The molecule has 1 rings (SSSR count). The molecule has 0 fully saturated rings. The quantitative estimate of drug-likeness (QED) is 0.177. The number of rotatable bonds is 16. The lowest BCUT2D eigenvalue weighted by Gasteiger charge is -2.11. The maximum Gasteiger partial charge on any atom is 0.168 e. The third-order valence-electron chi connectivity index (χ3n) is 5.03. The topological polar surface area (TPSA) is 3.88 Å². The van der Waals surface area contributed by atoms with Gasteiger partial charge in [-0.1, -0.05) is 83.3 Å². The second-order valence-corrected chi connectivity index (χ2v) is 7.22. The standard InChI is InChI=1S/C23H40N/c1-3-5-6-7-8-9-10-11-12-14-18-23(4-2)19-17-22-24-20-15-13-16-21-24/h4,13,15-16,20-21,23H,2-3,5-12,14,17-19,22H2,1H3/q+1. The normalized spacial score (nSPS) is 12.2. The highest BCUT2D eigenvalue weighted by Gasteiger charge is 2.06. The fourth-order valence-corrected chi connectivity index (χ4v) is 3.39. The van der Waals surface area contributed by atoms with Gasteiger partial charge in [0.25, 0.3) is 0 Å². The second-order valence-electron chi connectivity index (χ2n) is 7.22. The fraction of sp³-hybridized carbons (Fsp3) is 0.696. The van der Waals surface area contributed by atoms with Crippen LogP contribution in [0.25, 0.3) is 0 Å². The van der Waals surface area contributed by atoms with Gasteiger partial charge >= 0.3 is 0 Å². The van der Waals surface area contributed by atoms with Crippen LogP contribution < -0.4 is 4.57 Å².